The van der Waals surface area contributed by atoms with Gasteiger partial charge in [-0.15, -0.1) is 11.6 Å². The van der Waals surface area contributed by atoms with Gasteiger partial charge in [0.05, 0.1) is 0 Å². The number of nitrogens with one attached hydrogen (secondary N) is 1. The van der Waals surface area contributed by atoms with Gasteiger partial charge in [0.25, 0.3) is 0 Å². The second kappa shape index (κ2) is 4.93. The molecule has 66 valence electrons. The Bertz CT molecular complexity index is 213. The zero-order valence-electron chi connectivity index (χ0n) is 7.00. The Kier molecular flexibility index (Phi) is 3.80. The minimum Gasteiger partial charge on any atom is -0.354 e. The molecule has 0 saturated heterocycles. The minimum absolute atomic E-state index is 0.196. The molecule has 0 radical (unpaired) electrons. The van der Waals surface area contributed by atoms with Crippen molar-refractivity contribution in [3.63, 3.8) is 0 Å². The summed E-state index contributed by atoms with van der Waals surface area (Å²) in [4.78, 5) is 8.02. The second-order valence-corrected chi connectivity index (χ2v) is 3.31. The van der Waals surface area contributed by atoms with E-state index in [-0.39, 0.29) is 5.38 Å². The molecule has 0 spiro atoms. The molecule has 0 aromatic carbocycles. The van der Waals surface area contributed by atoms with Gasteiger partial charge in [-0.05, 0) is 19.4 Å². The number of rotatable bonds is 4. The predicted octanol–water partition coefficient (Wildman–Crippen LogP) is 1.91. The molecule has 1 aromatic rings. The largest absolute Gasteiger partial charge is 0.354 e. The second-order valence-electron chi connectivity index (χ2n) is 2.57. The number of halogens is 1. The van der Waals surface area contributed by atoms with Crippen molar-refractivity contribution in [2.45, 2.75) is 18.7 Å². The first kappa shape index (κ1) is 9.26. The van der Waals surface area contributed by atoms with E-state index < -0.39 is 0 Å². The van der Waals surface area contributed by atoms with Crippen LogP contribution in [0.4, 0.5) is 5.95 Å². The highest BCUT2D eigenvalue weighted by Crippen LogP contribution is 2.00. The van der Waals surface area contributed by atoms with E-state index in [9.17, 15) is 0 Å². The molecule has 0 saturated carbocycles. The Labute approximate surface area is 77.2 Å². The molecular formula is C8H12ClN3. The van der Waals surface area contributed by atoms with E-state index in [0.717, 1.165) is 13.0 Å². The molecule has 0 bridgehead atoms. The average Bonchev–Trinajstić information content (AvgIpc) is 2.05. The fourth-order valence-corrected chi connectivity index (χ4v) is 0.882. The Hall–Kier alpha value is -0.830. The first-order valence-corrected chi connectivity index (χ1v) is 4.37. The molecule has 1 aromatic heterocycles. The Balaban J connectivity index is 2.25. The number of hydrogen-bond donors (Lipinski definition) is 1. The van der Waals surface area contributed by atoms with Gasteiger partial charge in [0.15, 0.2) is 0 Å². The predicted molar refractivity (Wildman–Crippen MR) is 50.5 cm³/mol. The summed E-state index contributed by atoms with van der Waals surface area (Å²) in [5.74, 6) is 0.662. The topological polar surface area (TPSA) is 37.8 Å². The maximum Gasteiger partial charge on any atom is 0.222 e. The zero-order valence-corrected chi connectivity index (χ0v) is 7.75. The summed E-state index contributed by atoms with van der Waals surface area (Å²) < 4.78 is 0. The molecule has 1 unspecified atom stereocenters. The van der Waals surface area contributed by atoms with Crippen LogP contribution in [0.1, 0.15) is 13.3 Å². The monoisotopic (exact) mass is 185 g/mol. The molecule has 1 atom stereocenters. The summed E-state index contributed by atoms with van der Waals surface area (Å²) >= 11 is 5.76. The van der Waals surface area contributed by atoms with Crippen molar-refractivity contribution >= 4 is 17.5 Å². The summed E-state index contributed by atoms with van der Waals surface area (Å²) in [5.41, 5.74) is 0. The first-order valence-electron chi connectivity index (χ1n) is 3.94. The average molecular weight is 186 g/mol. The van der Waals surface area contributed by atoms with E-state index in [4.69, 9.17) is 11.6 Å². The van der Waals surface area contributed by atoms with E-state index in [1.165, 1.54) is 0 Å². The van der Waals surface area contributed by atoms with Crippen LogP contribution < -0.4 is 5.32 Å². The maximum atomic E-state index is 5.76. The lowest BCUT2D eigenvalue weighted by atomic mass is 10.3. The van der Waals surface area contributed by atoms with Crippen LogP contribution in [0.3, 0.4) is 0 Å². The van der Waals surface area contributed by atoms with Gasteiger partial charge in [-0.1, -0.05) is 0 Å². The van der Waals surface area contributed by atoms with Gasteiger partial charge in [-0.25, -0.2) is 9.97 Å². The van der Waals surface area contributed by atoms with Crippen molar-refractivity contribution in [1.82, 2.24) is 9.97 Å². The zero-order chi connectivity index (χ0) is 8.81. The van der Waals surface area contributed by atoms with Crippen molar-refractivity contribution in [1.29, 1.82) is 0 Å². The van der Waals surface area contributed by atoms with Crippen LogP contribution >= 0.6 is 11.6 Å². The molecular weight excluding hydrogens is 174 g/mol. The number of anilines is 1. The normalized spacial score (nSPS) is 12.5. The fraction of sp³-hybridized carbons (Fsp3) is 0.500. The standard InChI is InChI=1S/C8H12ClN3/c1-7(9)3-6-12-8-10-4-2-5-11-8/h2,4-5,7H,3,6H2,1H3,(H,10,11,12). The quantitative estimate of drug-likeness (QED) is 0.729. The number of hydrogen-bond acceptors (Lipinski definition) is 3. The van der Waals surface area contributed by atoms with Crippen LogP contribution in [-0.2, 0) is 0 Å². The van der Waals surface area contributed by atoms with Crippen molar-refractivity contribution in [3.05, 3.63) is 18.5 Å². The summed E-state index contributed by atoms with van der Waals surface area (Å²) in [6.07, 6.45) is 4.33. The van der Waals surface area contributed by atoms with Gasteiger partial charge in [0.1, 0.15) is 0 Å². The summed E-state index contributed by atoms with van der Waals surface area (Å²) in [5, 5.41) is 3.26. The third kappa shape index (κ3) is 3.53. The van der Waals surface area contributed by atoms with Crippen LogP contribution in [-0.4, -0.2) is 21.9 Å². The van der Waals surface area contributed by atoms with Crippen molar-refractivity contribution in [3.8, 4) is 0 Å². The van der Waals surface area contributed by atoms with Crippen molar-refractivity contribution < 1.29 is 0 Å². The molecule has 0 aliphatic carbocycles. The van der Waals surface area contributed by atoms with Crippen LogP contribution in [0.25, 0.3) is 0 Å². The van der Waals surface area contributed by atoms with Gasteiger partial charge < -0.3 is 5.32 Å². The molecule has 1 N–H and O–H groups in total. The summed E-state index contributed by atoms with van der Waals surface area (Å²) in [7, 11) is 0. The minimum atomic E-state index is 0.196. The highest BCUT2D eigenvalue weighted by molar-refractivity contribution is 6.20. The van der Waals surface area contributed by atoms with Gasteiger partial charge >= 0.3 is 0 Å². The van der Waals surface area contributed by atoms with E-state index in [1.807, 2.05) is 6.92 Å². The lowest BCUT2D eigenvalue weighted by Crippen LogP contribution is -2.08. The summed E-state index contributed by atoms with van der Waals surface area (Å²) in [6, 6.07) is 1.79. The molecule has 1 heterocycles. The third-order valence-corrected chi connectivity index (χ3v) is 1.61. The van der Waals surface area contributed by atoms with Crippen LogP contribution in [0, 0.1) is 0 Å². The first-order chi connectivity index (χ1) is 5.79. The molecule has 0 amide bonds. The van der Waals surface area contributed by atoms with Gasteiger partial charge in [0.2, 0.25) is 5.95 Å². The van der Waals surface area contributed by atoms with Crippen LogP contribution in [0.2, 0.25) is 0 Å². The van der Waals surface area contributed by atoms with Crippen molar-refractivity contribution in [2.24, 2.45) is 0 Å². The number of nitrogens with zero attached hydrogens (tertiary/aromatic N) is 2. The molecule has 3 nitrogen and oxygen atoms in total. The Morgan fingerprint density at radius 2 is 2.17 bits per heavy atom. The lowest BCUT2D eigenvalue weighted by molar-refractivity contribution is 0.834. The SMILES string of the molecule is CC(Cl)CCNc1ncccn1. The highest BCUT2D eigenvalue weighted by atomic mass is 35.5. The third-order valence-electron chi connectivity index (χ3n) is 1.39. The molecule has 12 heavy (non-hydrogen) atoms. The maximum absolute atomic E-state index is 5.76. The molecule has 0 aliphatic rings. The molecule has 4 heteroatoms. The highest BCUT2D eigenvalue weighted by Gasteiger charge is 1.96. The smallest absolute Gasteiger partial charge is 0.222 e. The van der Waals surface area contributed by atoms with Gasteiger partial charge in [-0.3, -0.25) is 0 Å². The van der Waals surface area contributed by atoms with E-state index in [2.05, 4.69) is 15.3 Å². The molecule has 1 rings (SSSR count). The summed E-state index contributed by atoms with van der Waals surface area (Å²) in [6.45, 7) is 2.78. The van der Waals surface area contributed by atoms with Gasteiger partial charge in [-0.2, -0.15) is 0 Å². The van der Waals surface area contributed by atoms with Crippen LogP contribution in [0.15, 0.2) is 18.5 Å². The Morgan fingerprint density at radius 1 is 1.50 bits per heavy atom. The van der Waals surface area contributed by atoms with Gasteiger partial charge in [0, 0.05) is 24.3 Å². The van der Waals surface area contributed by atoms with E-state index in [0.29, 0.717) is 5.95 Å². The van der Waals surface area contributed by atoms with E-state index in [1.54, 1.807) is 18.5 Å². The van der Waals surface area contributed by atoms with E-state index >= 15 is 0 Å². The molecule has 0 aliphatic heterocycles. The van der Waals surface area contributed by atoms with Crippen molar-refractivity contribution in [2.75, 3.05) is 11.9 Å². The number of alkyl halides is 1. The Morgan fingerprint density at radius 3 is 2.75 bits per heavy atom. The lowest BCUT2D eigenvalue weighted by Gasteiger charge is -2.04. The van der Waals surface area contributed by atoms with Crippen LogP contribution in [0.5, 0.6) is 0 Å². The molecule has 0 fully saturated rings. The fourth-order valence-electron chi connectivity index (χ4n) is 0.773. The number of aromatic nitrogens is 2.